The third-order valence-corrected chi connectivity index (χ3v) is 0.877. The Labute approximate surface area is 125 Å². The Kier molecular flexibility index (Phi) is 7.81. The Morgan fingerprint density at radius 2 is 1.86 bits per heavy atom. The molecule has 1 N–H and O–H groups in total. The first-order valence-corrected chi connectivity index (χ1v) is 3.78. The summed E-state index contributed by atoms with van der Waals surface area (Å²) in [5.41, 5.74) is -0.775. The Balaban J connectivity index is -0.000000720. The molecule has 0 atom stereocenters. The fraction of sp³-hybridized carbons (Fsp3) is 0.833. The van der Waals surface area contributed by atoms with E-state index in [4.69, 9.17) is 0 Å². The molecule has 0 heterocycles. The molecule has 0 radical (unpaired) electrons. The molecule has 0 unspecified atom stereocenters. The van der Waals surface area contributed by atoms with E-state index in [2.05, 4.69) is 4.74 Å². The number of carbonyl (C=O) groups excluding carboxylic acids is 1. The number of hydrogen-bond donors (Lipinski definition) is 1. The van der Waals surface area contributed by atoms with Gasteiger partial charge in [-0.1, -0.05) is 0 Å². The van der Waals surface area contributed by atoms with Gasteiger partial charge < -0.3 is 24.4 Å². The quantitative estimate of drug-likeness (QED) is 0.627. The molecule has 0 aromatic carbocycles. The molecule has 0 saturated heterocycles. The van der Waals surface area contributed by atoms with Crippen LogP contribution >= 0.6 is 0 Å². The Hall–Kier alpha value is 0.761. The van der Waals surface area contributed by atoms with Gasteiger partial charge in [-0.25, -0.2) is 4.79 Å². The number of halogens is 3. The zero-order valence-corrected chi connectivity index (χ0v) is 11.9. The Morgan fingerprint density at radius 3 is 2.14 bits per heavy atom. The maximum Gasteiger partial charge on any atom is 1.00 e. The number of carbonyl (C=O) groups is 1. The van der Waals surface area contributed by atoms with Crippen LogP contribution in [0.3, 0.4) is 0 Å². The van der Waals surface area contributed by atoms with Crippen molar-refractivity contribution in [2.24, 2.45) is 0 Å². The molecule has 8 heteroatoms. The van der Waals surface area contributed by atoms with E-state index in [0.717, 1.165) is 0 Å². The second-order valence-electron chi connectivity index (χ2n) is 3.59. The summed E-state index contributed by atoms with van der Waals surface area (Å²) < 4.78 is 39.5. The van der Waals surface area contributed by atoms with Crippen molar-refractivity contribution in [2.75, 3.05) is 6.44 Å². The molecule has 1 amide bonds. The predicted octanol–water partition coefficient (Wildman–Crippen LogP) is -0.986. The number of nitrogens with one attached hydrogen (secondary N) is 1. The van der Waals surface area contributed by atoms with Crippen molar-refractivity contribution in [3.8, 4) is 0 Å². The molecular weight excluding hydrogens is 225 g/mol. The summed E-state index contributed by atoms with van der Waals surface area (Å²) >= 11 is 0. The van der Waals surface area contributed by atoms with Crippen molar-refractivity contribution in [1.82, 2.24) is 5.32 Å². The summed E-state index contributed by atoms with van der Waals surface area (Å²) in [5, 5.41) is 1.62. The maximum absolute atomic E-state index is 11.6. The summed E-state index contributed by atoms with van der Waals surface area (Å²) in [5.74, 6) is 0. The van der Waals surface area contributed by atoms with Crippen molar-refractivity contribution in [3.05, 3.63) is 0 Å². The minimum Gasteiger partial charge on any atom is -1.00 e. The minimum absolute atomic E-state index is 0. The third-order valence-electron chi connectivity index (χ3n) is 0.877. The molecule has 0 aliphatic rings. The van der Waals surface area contributed by atoms with E-state index in [-0.39, 0.29) is 52.8 Å². The smallest absolute Gasteiger partial charge is 1.00 e. The SMILES string of the molecule is CC(C)(C)OC(=O)NC[B-](F)(F)F.[H-].[K+]. The van der Waals surface area contributed by atoms with Crippen LogP contribution in [0.5, 0.6) is 0 Å². The summed E-state index contributed by atoms with van der Waals surface area (Å²) in [4.78, 5) is 10.7. The molecule has 0 aliphatic heterocycles. The standard InChI is InChI=1S/C6H12BF3NO2.K.H/c1-6(2,3)13-5(12)11-4-7(8,9)10;;/h4H2,1-3H3,(H,11,12);;/q-1;+1;-1. The second kappa shape index (κ2) is 6.37. The van der Waals surface area contributed by atoms with Crippen molar-refractivity contribution in [1.29, 1.82) is 0 Å². The van der Waals surface area contributed by atoms with Gasteiger partial charge >= 0.3 is 64.5 Å². The van der Waals surface area contributed by atoms with Crippen LogP contribution in [0, 0.1) is 0 Å². The number of ether oxygens (including phenoxy) is 1. The summed E-state index contributed by atoms with van der Waals surface area (Å²) in [6.07, 6.45) is -2.36. The molecule has 0 spiro atoms. The van der Waals surface area contributed by atoms with Crippen LogP contribution in [0.1, 0.15) is 22.2 Å². The van der Waals surface area contributed by atoms with Gasteiger partial charge in [0, 0.05) is 0 Å². The molecule has 0 rings (SSSR count). The monoisotopic (exact) mass is 238 g/mol. The van der Waals surface area contributed by atoms with Gasteiger partial charge in [0.2, 0.25) is 0 Å². The first kappa shape index (κ1) is 17.2. The second-order valence-corrected chi connectivity index (χ2v) is 3.59. The molecular formula is C6H13BF3KNO2-. The normalized spacial score (nSPS) is 11.6. The van der Waals surface area contributed by atoms with Gasteiger partial charge in [-0.2, -0.15) is 0 Å². The zero-order chi connectivity index (χ0) is 10.7. The van der Waals surface area contributed by atoms with E-state index in [0.29, 0.717) is 0 Å². The maximum atomic E-state index is 11.6. The van der Waals surface area contributed by atoms with Gasteiger partial charge in [-0.05, 0) is 27.2 Å². The number of rotatable bonds is 2. The van der Waals surface area contributed by atoms with Gasteiger partial charge in [0.05, 0.1) is 0 Å². The van der Waals surface area contributed by atoms with Crippen LogP contribution in [-0.4, -0.2) is 25.1 Å². The van der Waals surface area contributed by atoms with Gasteiger partial charge in [0.15, 0.2) is 0 Å². The summed E-state index contributed by atoms with van der Waals surface area (Å²) in [6.45, 7) is -0.267. The number of hydrogen-bond acceptors (Lipinski definition) is 2. The van der Waals surface area contributed by atoms with Crippen LogP contribution in [-0.2, 0) is 4.74 Å². The van der Waals surface area contributed by atoms with Crippen molar-refractivity contribution in [3.63, 3.8) is 0 Å². The summed E-state index contributed by atoms with van der Waals surface area (Å²) in [7, 11) is 0. The van der Waals surface area contributed by atoms with Crippen LogP contribution in [0.4, 0.5) is 17.7 Å². The topological polar surface area (TPSA) is 38.3 Å². The molecule has 0 aliphatic carbocycles. The van der Waals surface area contributed by atoms with Crippen LogP contribution < -0.4 is 56.7 Å². The van der Waals surface area contributed by atoms with Crippen molar-refractivity contribution < 1.29 is 75.3 Å². The molecule has 0 bridgehead atoms. The third kappa shape index (κ3) is 12.8. The Morgan fingerprint density at radius 1 is 1.43 bits per heavy atom. The van der Waals surface area contributed by atoms with E-state index < -0.39 is 25.1 Å². The van der Waals surface area contributed by atoms with E-state index in [1.165, 1.54) is 0 Å². The van der Waals surface area contributed by atoms with Crippen molar-refractivity contribution >= 4 is 13.1 Å². The van der Waals surface area contributed by atoms with E-state index in [9.17, 15) is 17.7 Å². The van der Waals surface area contributed by atoms with Crippen molar-refractivity contribution in [2.45, 2.75) is 26.4 Å². The van der Waals surface area contributed by atoms with Gasteiger partial charge in [0.25, 0.3) is 0 Å². The summed E-state index contributed by atoms with van der Waals surface area (Å²) in [6, 6.07) is 0. The molecule has 80 valence electrons. The first-order valence-electron chi connectivity index (χ1n) is 3.78. The largest absolute Gasteiger partial charge is 1.00 e. The van der Waals surface area contributed by atoms with E-state index >= 15 is 0 Å². The molecule has 0 fully saturated rings. The average Bonchev–Trinajstić information content (AvgIpc) is 1.78. The Bertz CT molecular complexity index is 198. The minimum atomic E-state index is -4.99. The van der Waals surface area contributed by atoms with E-state index in [1.807, 2.05) is 0 Å². The zero-order valence-electron chi connectivity index (χ0n) is 9.73. The van der Waals surface area contributed by atoms with E-state index in [1.54, 1.807) is 26.1 Å². The average molecular weight is 238 g/mol. The van der Waals surface area contributed by atoms with Crippen LogP contribution in [0.15, 0.2) is 0 Å². The molecule has 14 heavy (non-hydrogen) atoms. The van der Waals surface area contributed by atoms with Gasteiger partial charge in [0.1, 0.15) is 5.60 Å². The van der Waals surface area contributed by atoms with Crippen LogP contribution in [0.2, 0.25) is 0 Å². The van der Waals surface area contributed by atoms with Gasteiger partial charge in [-0.3, -0.25) is 0 Å². The molecule has 0 aromatic rings. The fourth-order valence-electron chi connectivity index (χ4n) is 0.513. The molecule has 0 saturated carbocycles. The number of alkyl carbamates (subject to hydrolysis) is 1. The molecule has 3 nitrogen and oxygen atoms in total. The van der Waals surface area contributed by atoms with Gasteiger partial charge in [-0.15, -0.1) is 0 Å². The fourth-order valence-corrected chi connectivity index (χ4v) is 0.513. The molecule has 0 aromatic heterocycles. The first-order chi connectivity index (χ1) is 5.60. The number of amides is 1. The predicted molar refractivity (Wildman–Crippen MR) is 44.4 cm³/mol. The van der Waals surface area contributed by atoms with Crippen LogP contribution in [0.25, 0.3) is 0 Å².